The molecular formula is C13H23NO2S2. The van der Waals surface area contributed by atoms with Gasteiger partial charge in [0.25, 0.3) is 0 Å². The van der Waals surface area contributed by atoms with Crippen LogP contribution < -0.4 is 4.72 Å². The Morgan fingerprint density at radius 3 is 1.94 bits per heavy atom. The van der Waals surface area contributed by atoms with Crippen LogP contribution in [0.2, 0.25) is 0 Å². The minimum absolute atomic E-state index is 0.345. The molecule has 0 saturated carbocycles. The lowest BCUT2D eigenvalue weighted by molar-refractivity contribution is 0.491. The third kappa shape index (κ3) is 4.30. The molecular weight excluding hydrogens is 266 g/mol. The van der Waals surface area contributed by atoms with E-state index in [1.165, 1.54) is 0 Å². The fourth-order valence-corrected chi connectivity index (χ4v) is 3.99. The third-order valence-electron chi connectivity index (χ3n) is 2.26. The van der Waals surface area contributed by atoms with Gasteiger partial charge in [0, 0.05) is 5.54 Å². The molecule has 0 aliphatic rings. The molecule has 0 radical (unpaired) electrons. The molecule has 18 heavy (non-hydrogen) atoms. The van der Waals surface area contributed by atoms with Crippen LogP contribution in [-0.2, 0) is 10.0 Å². The molecule has 0 spiro atoms. The fraction of sp³-hybridized carbons (Fsp3) is 0.538. The molecule has 0 amide bonds. The van der Waals surface area contributed by atoms with Crippen LogP contribution >= 0.6 is 10.0 Å². The molecule has 3 nitrogen and oxygen atoms in total. The van der Waals surface area contributed by atoms with E-state index < -0.39 is 25.6 Å². The summed E-state index contributed by atoms with van der Waals surface area (Å²) in [6.07, 6.45) is 6.45. The van der Waals surface area contributed by atoms with E-state index in [2.05, 4.69) is 23.5 Å². The van der Waals surface area contributed by atoms with Crippen molar-refractivity contribution in [1.29, 1.82) is 0 Å². The molecule has 0 unspecified atom stereocenters. The summed E-state index contributed by atoms with van der Waals surface area (Å²) in [5.74, 6) is 0. The standard InChI is InChI=1S/C13H23NO2S2/c1-13(2,3)14-18(15,16)12-9-7-8-11(10-12)17(4,5)6/h7-10,14H,1-6H3. The summed E-state index contributed by atoms with van der Waals surface area (Å²) in [5, 5.41) is 0. The summed E-state index contributed by atoms with van der Waals surface area (Å²) < 4.78 is 27.1. The van der Waals surface area contributed by atoms with Gasteiger partial charge in [-0.05, 0) is 56.6 Å². The maximum absolute atomic E-state index is 12.2. The largest absolute Gasteiger partial charge is 0.241 e. The van der Waals surface area contributed by atoms with E-state index in [0.717, 1.165) is 4.90 Å². The van der Waals surface area contributed by atoms with Crippen molar-refractivity contribution in [1.82, 2.24) is 4.72 Å². The smallest absolute Gasteiger partial charge is 0.223 e. The van der Waals surface area contributed by atoms with Gasteiger partial charge >= 0.3 is 0 Å². The zero-order valence-electron chi connectivity index (χ0n) is 11.9. The van der Waals surface area contributed by atoms with Crippen LogP contribution in [0.15, 0.2) is 34.1 Å². The van der Waals surface area contributed by atoms with Crippen molar-refractivity contribution in [3.8, 4) is 0 Å². The summed E-state index contributed by atoms with van der Waals surface area (Å²) in [4.78, 5) is 1.44. The Bertz CT molecular complexity index is 523. The quantitative estimate of drug-likeness (QED) is 0.930. The molecule has 104 valence electrons. The van der Waals surface area contributed by atoms with Gasteiger partial charge in [0.1, 0.15) is 0 Å². The summed E-state index contributed by atoms with van der Waals surface area (Å²) in [7, 11) is -4.36. The van der Waals surface area contributed by atoms with Crippen molar-refractivity contribution < 1.29 is 8.42 Å². The normalized spacial score (nSPS) is 14.6. The summed E-state index contributed by atoms with van der Waals surface area (Å²) in [6.45, 7) is 5.51. The predicted octanol–water partition coefficient (Wildman–Crippen LogP) is 2.82. The van der Waals surface area contributed by atoms with Crippen molar-refractivity contribution in [2.24, 2.45) is 0 Å². The first-order valence-corrected chi connectivity index (χ1v) is 10.1. The average Bonchev–Trinajstić information content (AvgIpc) is 2.13. The molecule has 0 aromatic heterocycles. The van der Waals surface area contributed by atoms with Gasteiger partial charge in [-0.15, -0.1) is 0 Å². The van der Waals surface area contributed by atoms with Crippen molar-refractivity contribution >= 4 is 20.1 Å². The van der Waals surface area contributed by atoms with Crippen LogP contribution in [0.25, 0.3) is 0 Å². The number of hydrogen-bond donors (Lipinski definition) is 1. The van der Waals surface area contributed by atoms with Crippen LogP contribution in [0, 0.1) is 0 Å². The second-order valence-electron chi connectivity index (χ2n) is 6.17. The van der Waals surface area contributed by atoms with E-state index in [0.29, 0.717) is 4.90 Å². The molecule has 1 N–H and O–H groups in total. The minimum atomic E-state index is -3.44. The topological polar surface area (TPSA) is 46.2 Å². The first kappa shape index (κ1) is 15.5. The first-order chi connectivity index (χ1) is 7.92. The molecule has 1 aromatic carbocycles. The molecule has 0 aliphatic heterocycles. The number of rotatable bonds is 3. The zero-order valence-corrected chi connectivity index (χ0v) is 13.6. The lowest BCUT2D eigenvalue weighted by Crippen LogP contribution is -2.40. The Morgan fingerprint density at radius 2 is 1.50 bits per heavy atom. The van der Waals surface area contributed by atoms with Gasteiger partial charge in [0.05, 0.1) is 4.90 Å². The van der Waals surface area contributed by atoms with Gasteiger partial charge in [-0.1, -0.05) is 12.1 Å². The van der Waals surface area contributed by atoms with Gasteiger partial charge in [0.15, 0.2) is 0 Å². The second-order valence-corrected chi connectivity index (χ2v) is 12.0. The lowest BCUT2D eigenvalue weighted by atomic mass is 10.1. The lowest BCUT2D eigenvalue weighted by Gasteiger charge is -2.26. The van der Waals surface area contributed by atoms with Crippen molar-refractivity contribution in [3.63, 3.8) is 0 Å². The molecule has 0 aliphatic carbocycles. The highest BCUT2D eigenvalue weighted by atomic mass is 32.3. The van der Waals surface area contributed by atoms with E-state index in [1.807, 2.05) is 32.9 Å². The highest BCUT2D eigenvalue weighted by molar-refractivity contribution is 8.32. The maximum Gasteiger partial charge on any atom is 0.241 e. The average molecular weight is 289 g/mol. The Hall–Kier alpha value is -0.520. The van der Waals surface area contributed by atoms with E-state index in [-0.39, 0.29) is 0 Å². The van der Waals surface area contributed by atoms with Crippen LogP contribution in [0.3, 0.4) is 0 Å². The minimum Gasteiger partial charge on any atom is -0.223 e. The van der Waals surface area contributed by atoms with Crippen molar-refractivity contribution in [2.75, 3.05) is 18.8 Å². The Kier molecular flexibility index (Phi) is 4.20. The summed E-state index contributed by atoms with van der Waals surface area (Å²) in [5.41, 5.74) is -0.469. The SMILES string of the molecule is CC(C)(C)NS(=O)(=O)c1cccc(S(C)(C)C)c1. The van der Waals surface area contributed by atoms with E-state index in [9.17, 15) is 8.42 Å². The maximum atomic E-state index is 12.2. The molecule has 0 bridgehead atoms. The second kappa shape index (κ2) is 4.87. The van der Waals surface area contributed by atoms with Gasteiger partial charge in [-0.2, -0.15) is 0 Å². The van der Waals surface area contributed by atoms with E-state index >= 15 is 0 Å². The van der Waals surface area contributed by atoms with Crippen LogP contribution in [0.1, 0.15) is 20.8 Å². The molecule has 1 aromatic rings. The summed E-state index contributed by atoms with van der Waals surface area (Å²) in [6, 6.07) is 7.22. The Morgan fingerprint density at radius 1 is 1.00 bits per heavy atom. The molecule has 5 heteroatoms. The van der Waals surface area contributed by atoms with E-state index in [4.69, 9.17) is 0 Å². The van der Waals surface area contributed by atoms with Gasteiger partial charge in [0.2, 0.25) is 10.0 Å². The monoisotopic (exact) mass is 289 g/mol. The molecule has 0 heterocycles. The predicted molar refractivity (Wildman–Crippen MR) is 80.1 cm³/mol. The number of benzene rings is 1. The van der Waals surface area contributed by atoms with Crippen molar-refractivity contribution in [2.45, 2.75) is 36.1 Å². The fourth-order valence-electron chi connectivity index (χ4n) is 1.48. The molecule has 0 fully saturated rings. The number of hydrogen-bond acceptors (Lipinski definition) is 2. The first-order valence-electron chi connectivity index (χ1n) is 5.74. The molecule has 0 saturated heterocycles. The molecule has 1 rings (SSSR count). The number of sulfonamides is 1. The zero-order chi connectivity index (χ0) is 14.2. The highest BCUT2D eigenvalue weighted by Gasteiger charge is 2.22. The van der Waals surface area contributed by atoms with Gasteiger partial charge in [-0.25, -0.2) is 23.2 Å². The van der Waals surface area contributed by atoms with Crippen LogP contribution in [0.4, 0.5) is 0 Å². The van der Waals surface area contributed by atoms with Gasteiger partial charge < -0.3 is 0 Å². The molecule has 0 atom stereocenters. The van der Waals surface area contributed by atoms with Crippen LogP contribution in [-0.4, -0.2) is 32.7 Å². The third-order valence-corrected chi connectivity index (χ3v) is 5.69. The Balaban J connectivity index is 3.19. The summed E-state index contributed by atoms with van der Waals surface area (Å²) >= 11 is 0. The highest BCUT2D eigenvalue weighted by Crippen LogP contribution is 2.45. The Labute approximate surface area is 112 Å². The van der Waals surface area contributed by atoms with Gasteiger partial charge in [-0.3, -0.25) is 0 Å². The van der Waals surface area contributed by atoms with Crippen LogP contribution in [0.5, 0.6) is 0 Å². The number of nitrogens with one attached hydrogen (secondary N) is 1. The van der Waals surface area contributed by atoms with E-state index in [1.54, 1.807) is 12.1 Å². The van der Waals surface area contributed by atoms with Crippen molar-refractivity contribution in [3.05, 3.63) is 24.3 Å².